The first-order valence-electron chi connectivity index (χ1n) is 21.8. The number of hydrogen-bond donors (Lipinski definition) is 2. The van der Waals surface area contributed by atoms with Gasteiger partial charge in [0.2, 0.25) is 0 Å². The first kappa shape index (κ1) is 43.9. The van der Waals surface area contributed by atoms with Crippen molar-refractivity contribution in [1.29, 1.82) is 0 Å². The van der Waals surface area contributed by atoms with Gasteiger partial charge in [0.25, 0.3) is 0 Å². The predicted octanol–water partition coefficient (Wildman–Crippen LogP) is 9.35. The number of aromatic nitrogens is 3. The maximum Gasteiger partial charge on any atom is 0.404 e. The van der Waals surface area contributed by atoms with Gasteiger partial charge < -0.3 is 29.5 Å². The number of anilines is 1. The Hall–Kier alpha value is -4.72. The number of benzene rings is 2. The molecule has 16 heteroatoms. The lowest BCUT2D eigenvalue weighted by Crippen LogP contribution is -2.58. The smallest absolute Gasteiger partial charge is 0.404 e. The third-order valence-electron chi connectivity index (χ3n) is 14.2. The Balaban J connectivity index is 1.32. The Labute approximate surface area is 360 Å². The first-order valence-corrected chi connectivity index (χ1v) is 24.0. The van der Waals surface area contributed by atoms with Crippen LogP contribution in [-0.2, 0) is 4.74 Å². The molecule has 0 unspecified atom stereocenters. The van der Waals surface area contributed by atoms with Gasteiger partial charge in [0.05, 0.1) is 28.6 Å². The molecule has 4 aromatic rings. The van der Waals surface area contributed by atoms with E-state index in [0.717, 1.165) is 19.4 Å². The zero-order chi connectivity index (χ0) is 44.2. The van der Waals surface area contributed by atoms with Crippen molar-refractivity contribution in [2.45, 2.75) is 133 Å². The van der Waals surface area contributed by atoms with Crippen LogP contribution in [0.3, 0.4) is 0 Å². The summed E-state index contributed by atoms with van der Waals surface area (Å²) in [6.45, 7) is 14.1. The van der Waals surface area contributed by atoms with Crippen LogP contribution in [0.5, 0.6) is 11.8 Å². The number of ether oxygens (including phenoxy) is 3. The standard InChI is InChI=1S/C46H56F4N6O5Si/c1-25(2)62(26(3)4,27(5)6)16-13-32-35(48)11-9-28-17-31(61-24-59-7)19-33(38(28)32)41-40(50)42-34(21-51-41)43(56-30-10-12-37(56)39(49)36(18-30)52-45(57)58)54-44(53-42)60-23-46-14-8-15-55(46)22-29(47)20-46/h9,11,17,19,21,25-27,29-30,36-37,39,52H,8,10,12,14-15,18,20,22-24H2,1-7H3,(H,57,58)/t29-,30+,36-,37-,39+,46+/m1/s1. The van der Waals surface area contributed by atoms with Gasteiger partial charge in [-0.3, -0.25) is 9.88 Å². The third kappa shape index (κ3) is 7.61. The first-order chi connectivity index (χ1) is 29.6. The average Bonchev–Trinajstić information content (AvgIpc) is 3.87. The molecular formula is C46H56F4N6O5Si. The predicted molar refractivity (Wildman–Crippen MR) is 233 cm³/mol. The van der Waals surface area contributed by atoms with Crippen LogP contribution < -0.4 is 19.7 Å². The van der Waals surface area contributed by atoms with Gasteiger partial charge >= 0.3 is 12.1 Å². The largest absolute Gasteiger partial charge is 0.468 e. The lowest BCUT2D eigenvalue weighted by molar-refractivity contribution is 0.0512. The summed E-state index contributed by atoms with van der Waals surface area (Å²) in [4.78, 5) is 29.6. The highest BCUT2D eigenvalue weighted by Gasteiger charge is 2.51. The fourth-order valence-corrected chi connectivity index (χ4v) is 16.6. The van der Waals surface area contributed by atoms with Crippen molar-refractivity contribution in [2.24, 2.45) is 0 Å². The molecule has 4 aliphatic heterocycles. The number of methoxy groups -OCH3 is 1. The molecule has 0 aliphatic carbocycles. The number of halogens is 4. The fraction of sp³-hybridized carbons (Fsp3) is 0.565. The summed E-state index contributed by atoms with van der Waals surface area (Å²) in [6.07, 6.45) is 0.575. The van der Waals surface area contributed by atoms with Crippen LogP contribution in [0.1, 0.15) is 85.6 Å². The summed E-state index contributed by atoms with van der Waals surface area (Å²) in [5.74, 6) is 2.42. The quantitative estimate of drug-likeness (QED) is 0.0617. The number of hydrogen-bond acceptors (Lipinski definition) is 9. The van der Waals surface area contributed by atoms with Gasteiger partial charge in [-0.1, -0.05) is 53.5 Å². The highest BCUT2D eigenvalue weighted by Crippen LogP contribution is 2.46. The van der Waals surface area contributed by atoms with E-state index < -0.39 is 55.8 Å². The number of carboxylic acid groups (broad SMARTS) is 1. The van der Waals surface area contributed by atoms with E-state index in [9.17, 15) is 14.3 Å². The fourth-order valence-electron chi connectivity index (χ4n) is 11.4. The molecule has 4 fully saturated rings. The van der Waals surface area contributed by atoms with Gasteiger partial charge in [0.15, 0.2) is 12.6 Å². The average molecular weight is 877 g/mol. The molecule has 8 rings (SSSR count). The molecule has 2 aromatic heterocycles. The van der Waals surface area contributed by atoms with Crippen molar-refractivity contribution in [3.8, 4) is 34.5 Å². The van der Waals surface area contributed by atoms with E-state index in [1.54, 1.807) is 23.1 Å². The summed E-state index contributed by atoms with van der Waals surface area (Å²) in [5, 5.41) is 12.9. The number of carbonyl (C=O) groups is 1. The third-order valence-corrected chi connectivity index (χ3v) is 20.5. The van der Waals surface area contributed by atoms with Crippen molar-refractivity contribution in [3.63, 3.8) is 0 Å². The maximum atomic E-state index is 17.8. The molecular weight excluding hydrogens is 821 g/mol. The van der Waals surface area contributed by atoms with Crippen molar-refractivity contribution < 1.29 is 41.7 Å². The molecule has 6 heterocycles. The van der Waals surface area contributed by atoms with E-state index in [-0.39, 0.29) is 82.0 Å². The Kier molecular flexibility index (Phi) is 12.1. The zero-order valence-electron chi connectivity index (χ0n) is 36.4. The number of fused-ring (bicyclic) bond motifs is 5. The molecule has 0 radical (unpaired) electrons. The molecule has 332 valence electrons. The van der Waals surface area contributed by atoms with Crippen LogP contribution in [0.4, 0.5) is 28.2 Å². The number of nitrogens with zero attached hydrogens (tertiary/aromatic N) is 5. The van der Waals surface area contributed by atoms with E-state index in [1.807, 2.05) is 0 Å². The van der Waals surface area contributed by atoms with Crippen molar-refractivity contribution in [1.82, 2.24) is 25.2 Å². The highest BCUT2D eigenvalue weighted by molar-refractivity contribution is 6.90. The monoisotopic (exact) mass is 876 g/mol. The SMILES string of the molecule is COCOc1cc(-c2ncc3c(N4[C@H]5CC[C@@H]4[C@@H](F)[C@H](NC(=O)O)C5)nc(OC[C@@]45CCCN4C[C@H](F)C5)nc3c2F)c2c(C#C[Si](C(C)C)(C(C)C)C(C)C)c(F)ccc2c1. The van der Waals surface area contributed by atoms with Crippen molar-refractivity contribution >= 4 is 41.7 Å². The Morgan fingerprint density at radius 1 is 1.06 bits per heavy atom. The summed E-state index contributed by atoms with van der Waals surface area (Å²) in [6, 6.07) is 4.09. The van der Waals surface area contributed by atoms with Crippen LogP contribution in [-0.4, -0.2) is 109 Å². The van der Waals surface area contributed by atoms with Crippen LogP contribution in [0.2, 0.25) is 16.6 Å². The minimum atomic E-state index is -2.35. The Bertz CT molecular complexity index is 2410. The second-order valence-electron chi connectivity index (χ2n) is 18.5. The summed E-state index contributed by atoms with van der Waals surface area (Å²) in [5.41, 5.74) is 3.93. The second-order valence-corrected chi connectivity index (χ2v) is 24.1. The Morgan fingerprint density at radius 2 is 1.82 bits per heavy atom. The number of rotatable bonds is 12. The van der Waals surface area contributed by atoms with Gasteiger partial charge in [-0.05, 0) is 78.9 Å². The van der Waals surface area contributed by atoms with Crippen LogP contribution in [0.25, 0.3) is 32.9 Å². The lowest BCUT2D eigenvalue weighted by Gasteiger charge is -2.42. The summed E-state index contributed by atoms with van der Waals surface area (Å²) in [7, 11) is -0.872. The molecule has 0 saturated carbocycles. The molecule has 2 bridgehead atoms. The normalized spacial score (nSPS) is 24.9. The van der Waals surface area contributed by atoms with E-state index in [2.05, 4.69) is 68.2 Å². The lowest BCUT2D eigenvalue weighted by atomic mass is 9.94. The number of amides is 1. The molecule has 11 nitrogen and oxygen atoms in total. The number of pyridine rings is 1. The highest BCUT2D eigenvalue weighted by atomic mass is 28.3. The van der Waals surface area contributed by atoms with Crippen molar-refractivity contribution in [3.05, 3.63) is 47.7 Å². The van der Waals surface area contributed by atoms with E-state index in [0.29, 0.717) is 42.3 Å². The van der Waals surface area contributed by atoms with Crippen molar-refractivity contribution in [2.75, 3.05) is 38.5 Å². The van der Waals surface area contributed by atoms with Gasteiger partial charge in [-0.2, -0.15) is 9.97 Å². The topological polar surface area (TPSA) is 122 Å². The van der Waals surface area contributed by atoms with E-state index in [4.69, 9.17) is 24.2 Å². The zero-order valence-corrected chi connectivity index (χ0v) is 37.4. The number of piperidine rings is 1. The minimum Gasteiger partial charge on any atom is -0.468 e. The Morgan fingerprint density at radius 3 is 2.53 bits per heavy atom. The number of nitrogens with one attached hydrogen (secondary N) is 1. The molecule has 6 atom stereocenters. The molecule has 4 aliphatic rings. The summed E-state index contributed by atoms with van der Waals surface area (Å²) >= 11 is 0. The van der Waals surface area contributed by atoms with E-state index >= 15 is 13.2 Å². The molecule has 62 heavy (non-hydrogen) atoms. The van der Waals surface area contributed by atoms with Crippen LogP contribution in [0.15, 0.2) is 30.5 Å². The molecule has 1 amide bonds. The second kappa shape index (κ2) is 17.1. The van der Waals surface area contributed by atoms with Crippen LogP contribution >= 0.6 is 0 Å². The van der Waals surface area contributed by atoms with Gasteiger partial charge in [-0.15, -0.1) is 5.54 Å². The maximum absolute atomic E-state index is 17.8. The number of alkyl halides is 2. The van der Waals surface area contributed by atoms with E-state index in [1.165, 1.54) is 19.4 Å². The molecule has 4 saturated heterocycles. The van der Waals surface area contributed by atoms with Gasteiger partial charge in [0.1, 0.15) is 55.6 Å². The molecule has 2 aromatic carbocycles. The molecule has 0 spiro atoms. The van der Waals surface area contributed by atoms with Gasteiger partial charge in [-0.25, -0.2) is 22.4 Å². The minimum absolute atomic E-state index is 0.0693. The van der Waals surface area contributed by atoms with Crippen LogP contribution in [0, 0.1) is 23.1 Å². The van der Waals surface area contributed by atoms with Gasteiger partial charge in [0, 0.05) is 43.3 Å². The summed E-state index contributed by atoms with van der Waals surface area (Å²) < 4.78 is 82.5. The molecule has 2 N–H and O–H groups in total.